The number of aromatic nitrogens is 2. The Morgan fingerprint density at radius 1 is 1.40 bits per heavy atom. The first-order chi connectivity index (χ1) is 9.69. The summed E-state index contributed by atoms with van der Waals surface area (Å²) < 4.78 is 1.75. The highest BCUT2D eigenvalue weighted by Gasteiger charge is 2.16. The van der Waals surface area contributed by atoms with E-state index in [-0.39, 0.29) is 10.9 Å². The third-order valence-corrected chi connectivity index (χ3v) is 4.46. The van der Waals surface area contributed by atoms with Crippen LogP contribution in [0, 0.1) is 0 Å². The molecule has 1 unspecified atom stereocenters. The van der Waals surface area contributed by atoms with E-state index in [0.717, 1.165) is 24.1 Å². The summed E-state index contributed by atoms with van der Waals surface area (Å²) >= 11 is 8.14. The number of hydrogen-bond acceptors (Lipinski definition) is 3. The molecule has 0 radical (unpaired) electrons. The molecule has 0 N–H and O–H groups in total. The van der Waals surface area contributed by atoms with E-state index >= 15 is 0 Å². The Morgan fingerprint density at radius 3 is 2.85 bits per heavy atom. The molecule has 0 saturated carbocycles. The zero-order valence-electron chi connectivity index (χ0n) is 11.8. The van der Waals surface area contributed by atoms with Crippen molar-refractivity contribution in [1.82, 2.24) is 9.55 Å². The Labute approximate surface area is 128 Å². The van der Waals surface area contributed by atoms with Gasteiger partial charge in [-0.15, -0.1) is 11.6 Å². The second-order valence-corrected chi connectivity index (χ2v) is 6.18. The Morgan fingerprint density at radius 2 is 2.15 bits per heavy atom. The monoisotopic (exact) mass is 310 g/mol. The van der Waals surface area contributed by atoms with Crippen LogP contribution in [0.15, 0.2) is 29.1 Å². The summed E-state index contributed by atoms with van der Waals surface area (Å²) in [6.45, 7) is 2.68. The smallest absolute Gasteiger partial charge is 0.261 e. The van der Waals surface area contributed by atoms with E-state index in [1.807, 2.05) is 31.2 Å². The van der Waals surface area contributed by atoms with Gasteiger partial charge < -0.3 is 0 Å². The van der Waals surface area contributed by atoms with Crippen molar-refractivity contribution in [2.24, 2.45) is 0 Å². The molecule has 1 heterocycles. The van der Waals surface area contributed by atoms with Crippen molar-refractivity contribution < 1.29 is 0 Å². The number of nitrogens with zero attached hydrogens (tertiary/aromatic N) is 2. The molecule has 0 amide bonds. The van der Waals surface area contributed by atoms with Gasteiger partial charge in [0.2, 0.25) is 0 Å². The van der Waals surface area contributed by atoms with E-state index in [1.54, 1.807) is 16.3 Å². The molecule has 0 bridgehead atoms. The molecular formula is C15H19ClN2OS. The third kappa shape index (κ3) is 3.18. The van der Waals surface area contributed by atoms with E-state index in [4.69, 9.17) is 11.6 Å². The van der Waals surface area contributed by atoms with Crippen LogP contribution in [0.5, 0.6) is 0 Å². The molecule has 0 aliphatic carbocycles. The molecule has 0 saturated heterocycles. The van der Waals surface area contributed by atoms with Crippen LogP contribution in [0.1, 0.15) is 31.0 Å². The standard InChI is InChI=1S/C15H19ClN2OS/c1-3-12(16)14-17-13-8-5-4-7-11(13)15(19)18(14)9-6-10-20-2/h4-5,7-8,12H,3,6,9-10H2,1-2H3. The van der Waals surface area contributed by atoms with Crippen molar-refractivity contribution in [3.8, 4) is 0 Å². The lowest BCUT2D eigenvalue weighted by atomic mass is 10.2. The zero-order chi connectivity index (χ0) is 14.5. The van der Waals surface area contributed by atoms with E-state index in [2.05, 4.69) is 11.2 Å². The number of alkyl halides is 1. The second kappa shape index (κ2) is 7.14. The maximum atomic E-state index is 12.6. The average Bonchev–Trinajstić information content (AvgIpc) is 2.48. The highest BCUT2D eigenvalue weighted by atomic mass is 35.5. The molecule has 20 heavy (non-hydrogen) atoms. The van der Waals surface area contributed by atoms with Gasteiger partial charge >= 0.3 is 0 Å². The quantitative estimate of drug-likeness (QED) is 0.600. The number of halogens is 1. The molecule has 0 spiro atoms. The normalized spacial score (nSPS) is 12.8. The molecule has 2 rings (SSSR count). The molecular weight excluding hydrogens is 292 g/mol. The van der Waals surface area contributed by atoms with Gasteiger partial charge in [-0.25, -0.2) is 4.98 Å². The van der Waals surface area contributed by atoms with Crippen LogP contribution in [-0.2, 0) is 6.54 Å². The minimum atomic E-state index is -0.221. The van der Waals surface area contributed by atoms with Crippen molar-refractivity contribution in [3.05, 3.63) is 40.4 Å². The molecule has 108 valence electrons. The first-order valence-corrected chi connectivity index (χ1v) is 8.64. The second-order valence-electron chi connectivity index (χ2n) is 4.67. The molecule has 0 aliphatic heterocycles. The Hall–Kier alpha value is -1.00. The van der Waals surface area contributed by atoms with Gasteiger partial charge in [0.05, 0.1) is 16.3 Å². The number of thioether (sulfide) groups is 1. The average molecular weight is 311 g/mol. The van der Waals surface area contributed by atoms with Gasteiger partial charge in [-0.3, -0.25) is 9.36 Å². The topological polar surface area (TPSA) is 34.9 Å². The van der Waals surface area contributed by atoms with Gasteiger partial charge in [0, 0.05) is 6.54 Å². The van der Waals surface area contributed by atoms with Crippen molar-refractivity contribution in [3.63, 3.8) is 0 Å². The van der Waals surface area contributed by atoms with Crippen LogP contribution in [0.4, 0.5) is 0 Å². The zero-order valence-corrected chi connectivity index (χ0v) is 13.4. The van der Waals surface area contributed by atoms with E-state index in [9.17, 15) is 4.79 Å². The third-order valence-electron chi connectivity index (χ3n) is 3.26. The molecule has 1 atom stereocenters. The fourth-order valence-electron chi connectivity index (χ4n) is 2.19. The van der Waals surface area contributed by atoms with Gasteiger partial charge in [0.25, 0.3) is 5.56 Å². The first kappa shape index (κ1) is 15.4. The summed E-state index contributed by atoms with van der Waals surface area (Å²) in [6.07, 6.45) is 3.77. The fourth-order valence-corrected chi connectivity index (χ4v) is 2.77. The van der Waals surface area contributed by atoms with Crippen molar-refractivity contribution in [1.29, 1.82) is 0 Å². The Balaban J connectivity index is 2.55. The van der Waals surface area contributed by atoms with Crippen molar-refractivity contribution in [2.45, 2.75) is 31.7 Å². The van der Waals surface area contributed by atoms with Crippen LogP contribution < -0.4 is 5.56 Å². The van der Waals surface area contributed by atoms with E-state index in [1.165, 1.54) is 0 Å². The van der Waals surface area contributed by atoms with Gasteiger partial charge in [0.15, 0.2) is 0 Å². The Bertz CT molecular complexity index is 641. The minimum Gasteiger partial charge on any atom is -0.295 e. The fraction of sp³-hybridized carbons (Fsp3) is 0.467. The molecule has 0 aliphatic rings. The molecule has 3 nitrogen and oxygen atoms in total. The first-order valence-electron chi connectivity index (χ1n) is 6.81. The summed E-state index contributed by atoms with van der Waals surface area (Å²) in [5.74, 6) is 1.72. The molecule has 0 fully saturated rings. The highest BCUT2D eigenvalue weighted by molar-refractivity contribution is 7.98. The predicted molar refractivity (Wildman–Crippen MR) is 87.9 cm³/mol. The molecule has 1 aromatic heterocycles. The predicted octanol–water partition coefficient (Wildman–Crippen LogP) is 3.84. The van der Waals surface area contributed by atoms with Crippen molar-refractivity contribution >= 4 is 34.3 Å². The number of benzene rings is 1. The van der Waals surface area contributed by atoms with Crippen LogP contribution >= 0.6 is 23.4 Å². The van der Waals surface area contributed by atoms with Gasteiger partial charge in [-0.2, -0.15) is 11.8 Å². The summed E-state index contributed by atoms with van der Waals surface area (Å²) in [5.41, 5.74) is 0.749. The van der Waals surface area contributed by atoms with Crippen molar-refractivity contribution in [2.75, 3.05) is 12.0 Å². The maximum absolute atomic E-state index is 12.6. The van der Waals surface area contributed by atoms with Crippen LogP contribution in [0.2, 0.25) is 0 Å². The summed E-state index contributed by atoms with van der Waals surface area (Å²) in [4.78, 5) is 17.2. The SMILES string of the molecule is CCC(Cl)c1nc2ccccc2c(=O)n1CCCSC. The number of rotatable bonds is 6. The summed E-state index contributed by atoms with van der Waals surface area (Å²) in [7, 11) is 0. The lowest BCUT2D eigenvalue weighted by molar-refractivity contribution is 0.595. The van der Waals surface area contributed by atoms with Gasteiger partial charge in [0.1, 0.15) is 5.82 Å². The van der Waals surface area contributed by atoms with Crippen LogP contribution in [-0.4, -0.2) is 21.6 Å². The molecule has 5 heteroatoms. The lowest BCUT2D eigenvalue weighted by Gasteiger charge is -2.16. The highest BCUT2D eigenvalue weighted by Crippen LogP contribution is 2.23. The number of fused-ring (bicyclic) bond motifs is 1. The van der Waals surface area contributed by atoms with Gasteiger partial charge in [-0.1, -0.05) is 19.1 Å². The van der Waals surface area contributed by atoms with E-state index < -0.39 is 0 Å². The summed E-state index contributed by atoms with van der Waals surface area (Å²) in [5, 5.41) is 0.446. The largest absolute Gasteiger partial charge is 0.295 e. The van der Waals surface area contributed by atoms with Gasteiger partial charge in [-0.05, 0) is 37.0 Å². The summed E-state index contributed by atoms with van der Waals surface area (Å²) in [6, 6.07) is 7.46. The lowest BCUT2D eigenvalue weighted by Crippen LogP contribution is -2.26. The molecule has 2 aromatic rings. The number of hydrogen-bond donors (Lipinski definition) is 0. The maximum Gasteiger partial charge on any atom is 0.261 e. The van der Waals surface area contributed by atoms with Crippen LogP contribution in [0.3, 0.4) is 0 Å². The van der Waals surface area contributed by atoms with E-state index in [0.29, 0.717) is 17.8 Å². The van der Waals surface area contributed by atoms with Crippen LogP contribution in [0.25, 0.3) is 10.9 Å². The minimum absolute atomic E-state index is 0.0193. The number of para-hydroxylation sites is 1. The Kier molecular flexibility index (Phi) is 5.49. The molecule has 1 aromatic carbocycles.